The van der Waals surface area contributed by atoms with Crippen LogP contribution in [0.1, 0.15) is 47.0 Å². The Hall–Kier alpha value is -1.10. The van der Waals surface area contributed by atoms with E-state index in [0.717, 1.165) is 12.8 Å². The summed E-state index contributed by atoms with van der Waals surface area (Å²) in [6.45, 7) is 8.98. The van der Waals surface area contributed by atoms with Gasteiger partial charge in [-0.25, -0.2) is 0 Å². The fourth-order valence-corrected chi connectivity index (χ4v) is 2.63. The Morgan fingerprint density at radius 1 is 1.40 bits per heavy atom. The van der Waals surface area contributed by atoms with Crippen LogP contribution in [0.5, 0.6) is 0 Å². The molecule has 0 aliphatic carbocycles. The van der Waals surface area contributed by atoms with Gasteiger partial charge in [0.25, 0.3) is 0 Å². The molecule has 1 heterocycles. The molecule has 0 spiro atoms. The highest BCUT2D eigenvalue weighted by Gasteiger charge is 2.47. The molecule has 116 valence electrons. The molecule has 0 aromatic heterocycles. The molecule has 1 rings (SSSR count). The van der Waals surface area contributed by atoms with E-state index < -0.39 is 5.54 Å². The second kappa shape index (κ2) is 7.07. The summed E-state index contributed by atoms with van der Waals surface area (Å²) in [5.74, 6) is 0.157. The van der Waals surface area contributed by atoms with Gasteiger partial charge in [0.2, 0.25) is 11.8 Å². The lowest BCUT2D eigenvalue weighted by Crippen LogP contribution is -2.70. The number of amides is 2. The van der Waals surface area contributed by atoms with Crippen molar-refractivity contribution in [3.63, 3.8) is 0 Å². The van der Waals surface area contributed by atoms with Crippen molar-refractivity contribution in [2.75, 3.05) is 20.3 Å². The van der Waals surface area contributed by atoms with Gasteiger partial charge in [0.1, 0.15) is 11.6 Å². The summed E-state index contributed by atoms with van der Waals surface area (Å²) in [4.78, 5) is 26.9. The molecule has 3 unspecified atom stereocenters. The maximum Gasteiger partial charge on any atom is 0.248 e. The maximum absolute atomic E-state index is 12.7. The Labute approximate surface area is 122 Å². The SMILES string of the molecule is CCC(C)C1C(=O)NC(C)(CC)C(=O)N1CCCOC. The fraction of sp³-hybridized carbons (Fsp3) is 0.867. The molecule has 1 aliphatic heterocycles. The van der Waals surface area contributed by atoms with Crippen LogP contribution in [0.15, 0.2) is 0 Å². The molecule has 1 N–H and O–H groups in total. The predicted octanol–water partition coefficient (Wildman–Crippen LogP) is 1.56. The number of hydrogen-bond donors (Lipinski definition) is 1. The number of methoxy groups -OCH3 is 1. The van der Waals surface area contributed by atoms with E-state index in [0.29, 0.717) is 19.6 Å². The van der Waals surface area contributed by atoms with Crippen molar-refractivity contribution in [3.05, 3.63) is 0 Å². The number of hydrogen-bond acceptors (Lipinski definition) is 3. The molecule has 0 radical (unpaired) electrons. The van der Waals surface area contributed by atoms with Gasteiger partial charge < -0.3 is 15.0 Å². The molecule has 1 aliphatic rings. The molecular formula is C15H28N2O3. The smallest absolute Gasteiger partial charge is 0.248 e. The fourth-order valence-electron chi connectivity index (χ4n) is 2.63. The van der Waals surface area contributed by atoms with Gasteiger partial charge in [-0.05, 0) is 25.7 Å². The quantitative estimate of drug-likeness (QED) is 0.722. The molecule has 3 atom stereocenters. The number of nitrogens with one attached hydrogen (secondary N) is 1. The number of ether oxygens (including phenoxy) is 1. The molecular weight excluding hydrogens is 256 g/mol. The van der Waals surface area contributed by atoms with Crippen LogP contribution in [-0.4, -0.2) is 48.6 Å². The minimum absolute atomic E-state index is 0.0271. The van der Waals surface area contributed by atoms with Gasteiger partial charge in [0.15, 0.2) is 0 Å². The van der Waals surface area contributed by atoms with Crippen molar-refractivity contribution in [2.45, 2.75) is 58.5 Å². The Morgan fingerprint density at radius 2 is 2.05 bits per heavy atom. The molecule has 5 heteroatoms. The lowest BCUT2D eigenvalue weighted by atomic mass is 9.87. The third-order valence-electron chi connectivity index (χ3n) is 4.37. The van der Waals surface area contributed by atoms with Gasteiger partial charge in [-0.1, -0.05) is 27.2 Å². The molecule has 20 heavy (non-hydrogen) atoms. The zero-order valence-electron chi connectivity index (χ0n) is 13.4. The maximum atomic E-state index is 12.7. The molecule has 0 bridgehead atoms. The van der Waals surface area contributed by atoms with E-state index in [9.17, 15) is 9.59 Å². The lowest BCUT2D eigenvalue weighted by Gasteiger charge is -2.46. The third-order valence-corrected chi connectivity index (χ3v) is 4.37. The average molecular weight is 284 g/mol. The molecule has 1 fully saturated rings. The van der Waals surface area contributed by atoms with E-state index in [1.54, 1.807) is 12.0 Å². The molecule has 2 amide bonds. The van der Waals surface area contributed by atoms with Crippen molar-refractivity contribution in [2.24, 2.45) is 5.92 Å². The van der Waals surface area contributed by atoms with E-state index in [1.807, 2.05) is 27.7 Å². The molecule has 0 aromatic rings. The number of rotatable bonds is 7. The topological polar surface area (TPSA) is 58.6 Å². The first kappa shape index (κ1) is 17.0. The third kappa shape index (κ3) is 3.32. The summed E-state index contributed by atoms with van der Waals surface area (Å²) < 4.78 is 5.06. The molecule has 5 nitrogen and oxygen atoms in total. The van der Waals surface area contributed by atoms with Crippen LogP contribution in [0.2, 0.25) is 0 Å². The Morgan fingerprint density at radius 3 is 2.55 bits per heavy atom. The Balaban J connectivity index is 2.97. The van der Waals surface area contributed by atoms with E-state index >= 15 is 0 Å². The van der Waals surface area contributed by atoms with Crippen LogP contribution in [0.3, 0.4) is 0 Å². The van der Waals surface area contributed by atoms with Crippen molar-refractivity contribution in [3.8, 4) is 0 Å². The standard InChI is InChI=1S/C15H28N2O3/c1-6-11(3)12-13(18)16-15(4,7-2)14(19)17(12)9-8-10-20-5/h11-12H,6-10H2,1-5H3,(H,16,18). The highest BCUT2D eigenvalue weighted by molar-refractivity contribution is 5.99. The van der Waals surface area contributed by atoms with Crippen molar-refractivity contribution >= 4 is 11.8 Å². The summed E-state index contributed by atoms with van der Waals surface area (Å²) in [6.07, 6.45) is 2.23. The number of nitrogens with zero attached hydrogens (tertiary/aromatic N) is 1. The van der Waals surface area contributed by atoms with Crippen molar-refractivity contribution < 1.29 is 14.3 Å². The van der Waals surface area contributed by atoms with Crippen LogP contribution in [0.4, 0.5) is 0 Å². The highest BCUT2D eigenvalue weighted by atomic mass is 16.5. The summed E-state index contributed by atoms with van der Waals surface area (Å²) >= 11 is 0. The number of carbonyl (C=O) groups is 2. The normalized spacial score (nSPS) is 28.4. The first-order valence-electron chi connectivity index (χ1n) is 7.53. The van der Waals surface area contributed by atoms with Crippen LogP contribution < -0.4 is 5.32 Å². The molecule has 1 saturated heterocycles. The summed E-state index contributed by atoms with van der Waals surface area (Å²) in [5.41, 5.74) is -0.770. The predicted molar refractivity (Wildman–Crippen MR) is 78.3 cm³/mol. The van der Waals surface area contributed by atoms with Gasteiger partial charge >= 0.3 is 0 Å². The van der Waals surface area contributed by atoms with Gasteiger partial charge in [-0.2, -0.15) is 0 Å². The first-order chi connectivity index (χ1) is 9.41. The second-order valence-corrected chi connectivity index (χ2v) is 5.85. The van der Waals surface area contributed by atoms with E-state index in [1.165, 1.54) is 0 Å². The van der Waals surface area contributed by atoms with Gasteiger partial charge in [-0.15, -0.1) is 0 Å². The Kier molecular flexibility index (Phi) is 5.99. The summed E-state index contributed by atoms with van der Waals surface area (Å²) in [7, 11) is 1.65. The average Bonchev–Trinajstić information content (AvgIpc) is 2.43. The van der Waals surface area contributed by atoms with Gasteiger partial charge in [-0.3, -0.25) is 9.59 Å². The summed E-state index contributed by atoms with van der Waals surface area (Å²) in [6, 6.07) is -0.357. The van der Waals surface area contributed by atoms with Crippen LogP contribution in [0, 0.1) is 5.92 Å². The van der Waals surface area contributed by atoms with Crippen LogP contribution >= 0.6 is 0 Å². The lowest BCUT2D eigenvalue weighted by molar-refractivity contribution is -0.156. The van der Waals surface area contributed by atoms with Gasteiger partial charge in [0, 0.05) is 20.3 Å². The highest BCUT2D eigenvalue weighted by Crippen LogP contribution is 2.26. The number of piperazine rings is 1. The van der Waals surface area contributed by atoms with Crippen LogP contribution in [0.25, 0.3) is 0 Å². The minimum atomic E-state index is -0.770. The van der Waals surface area contributed by atoms with Crippen LogP contribution in [-0.2, 0) is 14.3 Å². The minimum Gasteiger partial charge on any atom is -0.385 e. The molecule has 0 aromatic carbocycles. The molecule has 0 saturated carbocycles. The van der Waals surface area contributed by atoms with E-state index in [4.69, 9.17) is 4.74 Å². The first-order valence-corrected chi connectivity index (χ1v) is 7.53. The van der Waals surface area contributed by atoms with E-state index in [2.05, 4.69) is 5.32 Å². The van der Waals surface area contributed by atoms with Crippen molar-refractivity contribution in [1.82, 2.24) is 10.2 Å². The number of carbonyl (C=O) groups excluding carboxylic acids is 2. The summed E-state index contributed by atoms with van der Waals surface area (Å²) in [5, 5.41) is 2.92. The van der Waals surface area contributed by atoms with E-state index in [-0.39, 0.29) is 23.8 Å². The van der Waals surface area contributed by atoms with Gasteiger partial charge in [0.05, 0.1) is 0 Å². The zero-order chi connectivity index (χ0) is 15.3. The Bertz CT molecular complexity index is 359. The second-order valence-electron chi connectivity index (χ2n) is 5.85. The monoisotopic (exact) mass is 284 g/mol. The largest absolute Gasteiger partial charge is 0.385 e. The van der Waals surface area contributed by atoms with Crippen molar-refractivity contribution in [1.29, 1.82) is 0 Å². The zero-order valence-corrected chi connectivity index (χ0v) is 13.4.